The molecule has 5 N–H and O–H groups in total. The number of nitrogens with zero attached hydrogens (tertiary/aromatic N) is 1. The molecule has 4 aliphatic rings. The molecule has 3 saturated carbocycles. The number of amides is 2. The van der Waals surface area contributed by atoms with E-state index in [1.54, 1.807) is 13.8 Å². The Balaban J connectivity index is 1.35. The Hall–Kier alpha value is -3.39. The van der Waals surface area contributed by atoms with Gasteiger partial charge in [-0.3, -0.25) is 14.4 Å². The highest BCUT2D eigenvalue weighted by Gasteiger charge is 2.63. The topological polar surface area (TPSA) is 175 Å². The zero-order valence-corrected chi connectivity index (χ0v) is 25.5. The third-order valence-corrected chi connectivity index (χ3v) is 11.0. The summed E-state index contributed by atoms with van der Waals surface area (Å²) in [4.78, 5) is 52.9. The second kappa shape index (κ2) is 12.3. The van der Waals surface area contributed by atoms with Crippen LogP contribution in [0.3, 0.4) is 0 Å². The zero-order valence-electron chi connectivity index (χ0n) is 25.5. The van der Waals surface area contributed by atoms with Crippen LogP contribution in [0.15, 0.2) is 16.8 Å². The number of fused-ring (bicyclic) bond motifs is 5. The van der Waals surface area contributed by atoms with Crippen LogP contribution in [0, 0.1) is 46.8 Å². The van der Waals surface area contributed by atoms with Crippen molar-refractivity contribution in [2.45, 2.75) is 103 Å². The van der Waals surface area contributed by atoms with Crippen LogP contribution in [0.1, 0.15) is 85.5 Å². The van der Waals surface area contributed by atoms with Crippen molar-refractivity contribution >= 4 is 29.5 Å². The van der Waals surface area contributed by atoms with Crippen LogP contribution in [-0.4, -0.2) is 69.1 Å². The minimum Gasteiger partial charge on any atom is -0.481 e. The summed E-state index contributed by atoms with van der Waals surface area (Å²) < 4.78 is 0. The molecule has 4 aliphatic carbocycles. The van der Waals surface area contributed by atoms with E-state index in [0.717, 1.165) is 44.2 Å². The number of oxime groups is 1. The number of carboxylic acid groups (broad SMARTS) is 2. The predicted molar refractivity (Wildman–Crippen MR) is 157 cm³/mol. The van der Waals surface area contributed by atoms with E-state index in [-0.39, 0.29) is 10.8 Å². The van der Waals surface area contributed by atoms with Gasteiger partial charge in [0.05, 0.1) is 12.1 Å². The van der Waals surface area contributed by atoms with Gasteiger partial charge in [0.25, 0.3) is 5.91 Å². The number of terminal acetylenes is 1. The minimum atomic E-state index is -1.62. The quantitative estimate of drug-likeness (QED) is 0.188. The van der Waals surface area contributed by atoms with Crippen molar-refractivity contribution in [2.24, 2.45) is 39.7 Å². The van der Waals surface area contributed by atoms with E-state index in [2.05, 4.69) is 41.6 Å². The van der Waals surface area contributed by atoms with Gasteiger partial charge in [-0.25, -0.2) is 4.79 Å². The van der Waals surface area contributed by atoms with Crippen LogP contribution < -0.4 is 10.6 Å². The zero-order chi connectivity index (χ0) is 31.7. The number of carbonyl (C=O) groups is 4. The van der Waals surface area contributed by atoms with E-state index in [1.165, 1.54) is 5.57 Å². The molecule has 0 aromatic heterocycles. The van der Waals surface area contributed by atoms with Gasteiger partial charge >= 0.3 is 11.9 Å². The molecule has 0 spiro atoms. The monoisotopic (exact) mass is 599 g/mol. The fraction of sp³-hybridized carbons (Fsp3) is 0.719. The highest BCUT2D eigenvalue weighted by Crippen LogP contribution is 2.67. The molecule has 2 amide bonds. The van der Waals surface area contributed by atoms with Crippen LogP contribution in [0.4, 0.5) is 0 Å². The van der Waals surface area contributed by atoms with Crippen LogP contribution in [0.25, 0.3) is 0 Å². The first-order valence-corrected chi connectivity index (χ1v) is 15.3. The van der Waals surface area contributed by atoms with Crippen molar-refractivity contribution in [3.05, 3.63) is 11.6 Å². The Labute approximate surface area is 252 Å². The summed E-state index contributed by atoms with van der Waals surface area (Å²) in [5.41, 5.74) is 0.909. The standard InChI is InChI=1S/C32H45N3O8/c1-6-32(42)14-11-23-21-8-7-19-15-20(9-12-30(19,4)22(21)10-13-31(23,32)5)35-43-17-25(36)34-27(18(2)3)28(39)33-24(29(40)41)16-26(37)38/h1,15,18,21-24,27,42H,7-14,16-17H2,2-5H3,(H,33,39)(H,34,36)(H,37,38)(H,40,41)/b35-20+/t21-,22-,23-,24-,27-,30+,31+,32-/m1/s1. The lowest BCUT2D eigenvalue weighted by atomic mass is 9.46. The number of rotatable bonds is 10. The second-order valence-electron chi connectivity index (χ2n) is 13.6. The maximum Gasteiger partial charge on any atom is 0.326 e. The summed E-state index contributed by atoms with van der Waals surface area (Å²) in [6.07, 6.45) is 14.4. The average molecular weight is 600 g/mol. The van der Waals surface area contributed by atoms with Crippen molar-refractivity contribution in [1.29, 1.82) is 0 Å². The fourth-order valence-corrected chi connectivity index (χ4v) is 8.46. The van der Waals surface area contributed by atoms with E-state index in [1.807, 2.05) is 0 Å². The van der Waals surface area contributed by atoms with Gasteiger partial charge in [-0.2, -0.15) is 0 Å². The molecule has 11 heteroatoms. The Bertz CT molecular complexity index is 1250. The number of aliphatic carboxylic acids is 2. The van der Waals surface area contributed by atoms with E-state index < -0.39 is 60.4 Å². The van der Waals surface area contributed by atoms with E-state index >= 15 is 0 Å². The molecule has 0 radical (unpaired) electrons. The van der Waals surface area contributed by atoms with E-state index in [4.69, 9.17) is 16.4 Å². The van der Waals surface area contributed by atoms with Crippen molar-refractivity contribution in [3.8, 4) is 12.3 Å². The number of aliphatic hydroxyl groups is 1. The second-order valence-corrected chi connectivity index (χ2v) is 13.6. The Morgan fingerprint density at radius 3 is 2.40 bits per heavy atom. The van der Waals surface area contributed by atoms with Crippen molar-refractivity contribution in [3.63, 3.8) is 0 Å². The molecule has 4 rings (SSSR count). The largest absolute Gasteiger partial charge is 0.481 e. The molecule has 8 atom stereocenters. The molecule has 0 aromatic carbocycles. The van der Waals surface area contributed by atoms with Gasteiger partial charge in [0.15, 0.2) is 6.61 Å². The van der Waals surface area contributed by atoms with Crippen LogP contribution in [-0.2, 0) is 24.0 Å². The molecule has 43 heavy (non-hydrogen) atoms. The van der Waals surface area contributed by atoms with Crippen LogP contribution in [0.2, 0.25) is 0 Å². The van der Waals surface area contributed by atoms with E-state index in [9.17, 15) is 29.4 Å². The van der Waals surface area contributed by atoms with Gasteiger partial charge < -0.3 is 30.8 Å². The number of hydrogen-bond acceptors (Lipinski definition) is 7. The van der Waals surface area contributed by atoms with Crippen molar-refractivity contribution in [2.75, 3.05) is 6.61 Å². The first-order chi connectivity index (χ1) is 20.1. The molecule has 0 bridgehead atoms. The Morgan fingerprint density at radius 1 is 1.07 bits per heavy atom. The maximum absolute atomic E-state index is 12.6. The number of hydrogen-bond donors (Lipinski definition) is 5. The normalized spacial score (nSPS) is 35.3. The molecule has 0 heterocycles. The van der Waals surface area contributed by atoms with Crippen molar-refractivity contribution < 1.29 is 39.3 Å². The lowest BCUT2D eigenvalue weighted by Gasteiger charge is -2.58. The Morgan fingerprint density at radius 2 is 1.77 bits per heavy atom. The smallest absolute Gasteiger partial charge is 0.326 e. The van der Waals surface area contributed by atoms with Gasteiger partial charge in [-0.1, -0.05) is 44.3 Å². The number of nitrogens with one attached hydrogen (secondary N) is 2. The summed E-state index contributed by atoms with van der Waals surface area (Å²) >= 11 is 0. The summed E-state index contributed by atoms with van der Waals surface area (Å²) in [5.74, 6) is -0.430. The predicted octanol–water partition coefficient (Wildman–Crippen LogP) is 2.87. The van der Waals surface area contributed by atoms with Crippen LogP contribution >= 0.6 is 0 Å². The summed E-state index contributed by atoms with van der Waals surface area (Å²) in [6.45, 7) is 7.46. The molecular formula is C32H45N3O8. The number of carboxylic acids is 2. The van der Waals surface area contributed by atoms with Gasteiger partial charge in [-0.05, 0) is 86.5 Å². The minimum absolute atomic E-state index is 0.0454. The first-order valence-electron chi connectivity index (χ1n) is 15.3. The highest BCUT2D eigenvalue weighted by atomic mass is 16.6. The van der Waals surface area contributed by atoms with Gasteiger partial charge in [0.2, 0.25) is 5.91 Å². The summed E-state index contributed by atoms with van der Waals surface area (Å²) in [6, 6.07) is -2.70. The number of carbonyl (C=O) groups excluding carboxylic acids is 2. The fourth-order valence-electron chi connectivity index (χ4n) is 8.46. The Kier molecular flexibility index (Phi) is 9.31. The van der Waals surface area contributed by atoms with Gasteiger partial charge in [0, 0.05) is 5.41 Å². The van der Waals surface area contributed by atoms with Crippen molar-refractivity contribution in [1.82, 2.24) is 10.6 Å². The van der Waals surface area contributed by atoms with Gasteiger partial charge in [-0.15, -0.1) is 6.42 Å². The lowest BCUT2D eigenvalue weighted by Crippen LogP contribution is -2.54. The lowest BCUT2D eigenvalue weighted by molar-refractivity contribution is -0.147. The SMILES string of the molecule is C#C[C@@]1(O)CC[C@@H]2[C@@H]3CCC4=C/C(=N/OCC(=O)N[C@@H](C(=O)N[C@H](CC(=O)O)C(=O)O)C(C)C)CC[C@]4(C)[C@@H]3CC[C@@]21C. The molecule has 11 nitrogen and oxygen atoms in total. The molecule has 0 unspecified atom stereocenters. The molecule has 3 fully saturated rings. The molecule has 236 valence electrons. The summed E-state index contributed by atoms with van der Waals surface area (Å²) in [7, 11) is 0. The summed E-state index contributed by atoms with van der Waals surface area (Å²) in [5, 5.41) is 38.3. The molecule has 0 aromatic rings. The first kappa shape index (κ1) is 32.5. The number of allylic oxidation sites excluding steroid dienone is 2. The highest BCUT2D eigenvalue weighted by molar-refractivity contribution is 5.96. The molecule has 0 aliphatic heterocycles. The molecular weight excluding hydrogens is 554 g/mol. The average Bonchev–Trinajstić information content (AvgIpc) is 3.21. The maximum atomic E-state index is 12.6. The van der Waals surface area contributed by atoms with Crippen LogP contribution in [0.5, 0.6) is 0 Å². The van der Waals surface area contributed by atoms with Gasteiger partial charge in [0.1, 0.15) is 17.7 Å². The van der Waals surface area contributed by atoms with E-state index in [0.29, 0.717) is 30.6 Å². The third kappa shape index (κ3) is 6.17. The molecule has 0 saturated heterocycles. The third-order valence-electron chi connectivity index (χ3n) is 11.0.